The van der Waals surface area contributed by atoms with Gasteiger partial charge in [0.1, 0.15) is 6.04 Å². The van der Waals surface area contributed by atoms with Crippen LogP contribution in [0.25, 0.3) is 0 Å². The van der Waals surface area contributed by atoms with Crippen LogP contribution >= 0.6 is 0 Å². The molecular formula is C29H30N2O3. The largest absolute Gasteiger partial charge is 0.319 e. The predicted molar refractivity (Wildman–Crippen MR) is 134 cm³/mol. The van der Waals surface area contributed by atoms with E-state index in [1.54, 1.807) is 11.0 Å². The molecule has 3 amide bonds. The molecule has 1 aliphatic heterocycles. The van der Waals surface area contributed by atoms with Crippen molar-refractivity contribution in [1.82, 2.24) is 4.90 Å². The van der Waals surface area contributed by atoms with Crippen LogP contribution in [0.15, 0.2) is 78.9 Å². The summed E-state index contributed by atoms with van der Waals surface area (Å²) in [6.45, 7) is 7.97. The molecular weight excluding hydrogens is 424 g/mol. The molecule has 3 aromatic rings. The molecule has 0 spiro atoms. The molecule has 174 valence electrons. The topological polar surface area (TPSA) is 57.7 Å². The summed E-state index contributed by atoms with van der Waals surface area (Å²) < 4.78 is 0. The molecule has 34 heavy (non-hydrogen) atoms. The summed E-state index contributed by atoms with van der Waals surface area (Å²) in [7, 11) is 0. The lowest BCUT2D eigenvalue weighted by Crippen LogP contribution is -2.47. The SMILES string of the molecule is Cc1ccccc1C(=O)N(C1CC(=O)N(c2ccc(C(C)C)cc2)C1=O)C(C)c1ccccc1. The number of anilines is 1. The van der Waals surface area contributed by atoms with E-state index < -0.39 is 12.1 Å². The maximum Gasteiger partial charge on any atom is 0.257 e. The Hall–Kier alpha value is -3.73. The van der Waals surface area contributed by atoms with Crippen molar-refractivity contribution in [2.75, 3.05) is 4.90 Å². The van der Waals surface area contributed by atoms with E-state index >= 15 is 0 Å². The second-order valence-corrected chi connectivity index (χ2v) is 9.15. The van der Waals surface area contributed by atoms with Crippen LogP contribution in [0.4, 0.5) is 5.69 Å². The van der Waals surface area contributed by atoms with Gasteiger partial charge in [-0.3, -0.25) is 14.4 Å². The molecule has 0 aromatic heterocycles. The van der Waals surface area contributed by atoms with Gasteiger partial charge in [0.2, 0.25) is 5.91 Å². The maximum absolute atomic E-state index is 13.8. The number of rotatable bonds is 6. The van der Waals surface area contributed by atoms with Crippen molar-refractivity contribution >= 4 is 23.4 Å². The number of benzene rings is 3. The molecule has 5 heteroatoms. The fourth-order valence-corrected chi connectivity index (χ4v) is 4.54. The Balaban J connectivity index is 1.72. The molecule has 0 aliphatic carbocycles. The number of hydrogen-bond donors (Lipinski definition) is 0. The number of hydrogen-bond acceptors (Lipinski definition) is 3. The fraction of sp³-hybridized carbons (Fsp3) is 0.276. The van der Waals surface area contributed by atoms with Crippen molar-refractivity contribution in [3.63, 3.8) is 0 Å². The van der Waals surface area contributed by atoms with Crippen molar-refractivity contribution in [1.29, 1.82) is 0 Å². The molecule has 3 aromatic carbocycles. The molecule has 1 fully saturated rings. The molecule has 2 unspecified atom stereocenters. The first-order valence-electron chi connectivity index (χ1n) is 11.7. The highest BCUT2D eigenvalue weighted by Crippen LogP contribution is 2.33. The van der Waals surface area contributed by atoms with Gasteiger partial charge >= 0.3 is 0 Å². The standard InChI is InChI=1S/C29H30N2O3/c1-19(2)22-14-16-24(17-15-22)31-27(32)18-26(29(31)34)30(21(4)23-11-6-5-7-12-23)28(33)25-13-9-8-10-20(25)3/h5-17,19,21,26H,18H2,1-4H3. The second kappa shape index (κ2) is 9.64. The van der Waals surface area contributed by atoms with E-state index in [1.165, 1.54) is 4.90 Å². The predicted octanol–water partition coefficient (Wildman–Crippen LogP) is 5.65. The van der Waals surface area contributed by atoms with E-state index in [4.69, 9.17) is 0 Å². The van der Waals surface area contributed by atoms with E-state index in [9.17, 15) is 14.4 Å². The van der Waals surface area contributed by atoms with E-state index in [0.29, 0.717) is 17.2 Å². The van der Waals surface area contributed by atoms with Gasteiger partial charge in [0.05, 0.1) is 18.2 Å². The first-order chi connectivity index (χ1) is 16.3. The first-order valence-corrected chi connectivity index (χ1v) is 11.7. The van der Waals surface area contributed by atoms with Gasteiger partial charge in [0, 0.05) is 5.56 Å². The molecule has 1 aliphatic rings. The van der Waals surface area contributed by atoms with Crippen molar-refractivity contribution in [2.45, 2.75) is 52.1 Å². The number of aryl methyl sites for hydroxylation is 1. The summed E-state index contributed by atoms with van der Waals surface area (Å²) >= 11 is 0. The lowest BCUT2D eigenvalue weighted by atomic mass is 10.0. The maximum atomic E-state index is 13.8. The first kappa shape index (κ1) is 23.4. The molecule has 4 rings (SSSR count). The van der Waals surface area contributed by atoms with Crippen molar-refractivity contribution in [2.24, 2.45) is 0 Å². The van der Waals surface area contributed by atoms with Crippen LogP contribution in [0, 0.1) is 6.92 Å². The van der Waals surface area contributed by atoms with Gasteiger partial charge < -0.3 is 4.90 Å². The molecule has 2 atom stereocenters. The van der Waals surface area contributed by atoms with E-state index in [-0.39, 0.29) is 24.1 Å². The summed E-state index contributed by atoms with van der Waals surface area (Å²) in [5.74, 6) is -0.569. The molecule has 0 radical (unpaired) electrons. The zero-order valence-corrected chi connectivity index (χ0v) is 20.1. The van der Waals surface area contributed by atoms with Gasteiger partial charge in [-0.2, -0.15) is 0 Å². The van der Waals surface area contributed by atoms with Crippen LogP contribution in [0.3, 0.4) is 0 Å². The van der Waals surface area contributed by atoms with Gasteiger partial charge in [-0.05, 0) is 54.7 Å². The molecule has 1 heterocycles. The van der Waals surface area contributed by atoms with Crippen LogP contribution in [-0.4, -0.2) is 28.7 Å². The minimum Gasteiger partial charge on any atom is -0.319 e. The molecule has 5 nitrogen and oxygen atoms in total. The van der Waals surface area contributed by atoms with Crippen LogP contribution in [0.2, 0.25) is 0 Å². The van der Waals surface area contributed by atoms with Gasteiger partial charge in [0.25, 0.3) is 11.8 Å². The summed E-state index contributed by atoms with van der Waals surface area (Å²) in [5.41, 5.74) is 3.94. The zero-order valence-electron chi connectivity index (χ0n) is 20.1. The number of carbonyl (C=O) groups excluding carboxylic acids is 3. The van der Waals surface area contributed by atoms with E-state index in [0.717, 1.165) is 16.7 Å². The Morgan fingerprint density at radius 2 is 1.47 bits per heavy atom. The Kier molecular flexibility index (Phi) is 6.64. The van der Waals surface area contributed by atoms with E-state index in [1.807, 2.05) is 86.6 Å². The Labute approximate surface area is 201 Å². The summed E-state index contributed by atoms with van der Waals surface area (Å²) in [6, 6.07) is 23.2. The van der Waals surface area contributed by atoms with Crippen LogP contribution in [0.1, 0.15) is 66.2 Å². The smallest absolute Gasteiger partial charge is 0.257 e. The second-order valence-electron chi connectivity index (χ2n) is 9.15. The van der Waals surface area contributed by atoms with Crippen molar-refractivity contribution in [3.05, 3.63) is 101 Å². The quantitative estimate of drug-likeness (QED) is 0.452. The third-order valence-corrected chi connectivity index (χ3v) is 6.59. The Morgan fingerprint density at radius 1 is 0.853 bits per heavy atom. The normalized spacial score (nSPS) is 16.7. The highest BCUT2D eigenvalue weighted by Gasteiger charge is 2.46. The van der Waals surface area contributed by atoms with Crippen molar-refractivity contribution < 1.29 is 14.4 Å². The Morgan fingerprint density at radius 3 is 2.09 bits per heavy atom. The molecule has 0 saturated carbocycles. The molecule has 0 bridgehead atoms. The summed E-state index contributed by atoms with van der Waals surface area (Å²) in [4.78, 5) is 43.4. The van der Waals surface area contributed by atoms with Gasteiger partial charge in [-0.25, -0.2) is 4.90 Å². The van der Waals surface area contributed by atoms with Crippen LogP contribution in [0.5, 0.6) is 0 Å². The minimum absolute atomic E-state index is 0.0421. The summed E-state index contributed by atoms with van der Waals surface area (Å²) in [5, 5.41) is 0. The number of nitrogens with zero attached hydrogens (tertiary/aromatic N) is 2. The average Bonchev–Trinajstić information content (AvgIpc) is 3.13. The zero-order chi connectivity index (χ0) is 24.4. The number of imide groups is 1. The third-order valence-electron chi connectivity index (χ3n) is 6.59. The molecule has 0 N–H and O–H groups in total. The van der Waals surface area contributed by atoms with E-state index in [2.05, 4.69) is 13.8 Å². The Bertz CT molecular complexity index is 1200. The van der Waals surface area contributed by atoms with Gasteiger partial charge in [-0.1, -0.05) is 74.5 Å². The van der Waals surface area contributed by atoms with Gasteiger partial charge in [-0.15, -0.1) is 0 Å². The highest BCUT2D eigenvalue weighted by molar-refractivity contribution is 6.23. The molecule has 1 saturated heterocycles. The lowest BCUT2D eigenvalue weighted by Gasteiger charge is -2.34. The number of amides is 3. The third kappa shape index (κ3) is 4.38. The highest BCUT2D eigenvalue weighted by atomic mass is 16.2. The monoisotopic (exact) mass is 454 g/mol. The van der Waals surface area contributed by atoms with Crippen LogP contribution in [-0.2, 0) is 9.59 Å². The fourth-order valence-electron chi connectivity index (χ4n) is 4.54. The van der Waals surface area contributed by atoms with Crippen molar-refractivity contribution in [3.8, 4) is 0 Å². The lowest BCUT2D eigenvalue weighted by molar-refractivity contribution is -0.122. The average molecular weight is 455 g/mol. The van der Waals surface area contributed by atoms with Crippen LogP contribution < -0.4 is 4.90 Å². The summed E-state index contributed by atoms with van der Waals surface area (Å²) in [6.07, 6.45) is -0.0421. The number of carbonyl (C=O) groups is 3. The van der Waals surface area contributed by atoms with Gasteiger partial charge in [0.15, 0.2) is 0 Å². The minimum atomic E-state index is -0.875.